The Balaban J connectivity index is 1.85. The normalized spacial score (nSPS) is 18.4. The van der Waals surface area contributed by atoms with Crippen LogP contribution in [0.3, 0.4) is 0 Å². The number of benzene rings is 1. The molecule has 0 bridgehead atoms. The number of aliphatic carboxylic acids is 1. The zero-order chi connectivity index (χ0) is 14.8. The maximum atomic E-state index is 11.0. The van der Waals surface area contributed by atoms with E-state index >= 15 is 0 Å². The van der Waals surface area contributed by atoms with Crippen LogP contribution in [0.2, 0.25) is 0 Å². The first-order chi connectivity index (χ1) is 10.2. The molecule has 0 spiro atoms. The van der Waals surface area contributed by atoms with Crippen molar-refractivity contribution in [2.75, 3.05) is 0 Å². The second-order valence-electron chi connectivity index (χ2n) is 5.06. The molecule has 2 heterocycles. The number of carboxylic acids is 1. The predicted molar refractivity (Wildman–Crippen MR) is 78.1 cm³/mol. The highest BCUT2D eigenvalue weighted by Crippen LogP contribution is 2.45. The van der Waals surface area contributed by atoms with Crippen molar-refractivity contribution >= 4 is 17.7 Å². The van der Waals surface area contributed by atoms with Crippen molar-refractivity contribution in [3.05, 3.63) is 35.7 Å². The monoisotopic (exact) mass is 304 g/mol. The highest BCUT2D eigenvalue weighted by Gasteiger charge is 2.30. The van der Waals surface area contributed by atoms with Crippen molar-refractivity contribution in [3.63, 3.8) is 0 Å². The lowest BCUT2D eigenvalue weighted by molar-refractivity contribution is -0.138. The van der Waals surface area contributed by atoms with Gasteiger partial charge < -0.3 is 5.11 Å². The highest BCUT2D eigenvalue weighted by atomic mass is 32.2. The molecular formula is C14H16N4O2S. The molecule has 0 fully saturated rings. The minimum Gasteiger partial charge on any atom is -0.481 e. The van der Waals surface area contributed by atoms with Gasteiger partial charge in [0.1, 0.15) is 0 Å². The van der Waals surface area contributed by atoms with Gasteiger partial charge in [0.2, 0.25) is 0 Å². The van der Waals surface area contributed by atoms with Crippen LogP contribution < -0.4 is 0 Å². The molecule has 2 unspecified atom stereocenters. The molecule has 1 aliphatic rings. The van der Waals surface area contributed by atoms with Crippen LogP contribution in [0.15, 0.2) is 29.2 Å². The second-order valence-corrected chi connectivity index (χ2v) is 6.30. The summed E-state index contributed by atoms with van der Waals surface area (Å²) >= 11 is 1.74. The molecule has 6 nitrogen and oxygen atoms in total. The van der Waals surface area contributed by atoms with Crippen LogP contribution >= 0.6 is 11.8 Å². The molecule has 1 aliphatic heterocycles. The van der Waals surface area contributed by atoms with Gasteiger partial charge in [0, 0.05) is 4.90 Å². The van der Waals surface area contributed by atoms with Crippen LogP contribution in [0.25, 0.3) is 0 Å². The Kier molecular flexibility index (Phi) is 3.92. The SMILES string of the molecule is CCC(CC(=O)O)n1nnnc1C1Cc2ccccc2S1. The van der Waals surface area contributed by atoms with Gasteiger partial charge in [0.05, 0.1) is 17.7 Å². The molecule has 2 aromatic rings. The summed E-state index contributed by atoms with van der Waals surface area (Å²) < 4.78 is 1.69. The summed E-state index contributed by atoms with van der Waals surface area (Å²) in [6.45, 7) is 1.95. The molecule has 1 N–H and O–H groups in total. The van der Waals surface area contributed by atoms with Crippen molar-refractivity contribution in [2.45, 2.75) is 42.4 Å². The molecule has 7 heteroatoms. The van der Waals surface area contributed by atoms with Gasteiger partial charge in [-0.05, 0) is 34.9 Å². The van der Waals surface area contributed by atoms with Gasteiger partial charge >= 0.3 is 5.97 Å². The van der Waals surface area contributed by atoms with Crippen LogP contribution in [0.5, 0.6) is 0 Å². The molecular weight excluding hydrogens is 288 g/mol. The van der Waals surface area contributed by atoms with Crippen molar-refractivity contribution in [1.29, 1.82) is 0 Å². The molecule has 110 valence electrons. The fourth-order valence-electron chi connectivity index (χ4n) is 2.60. The molecule has 0 aliphatic carbocycles. The Labute approximate surface area is 126 Å². The van der Waals surface area contributed by atoms with Crippen LogP contribution in [-0.2, 0) is 11.2 Å². The van der Waals surface area contributed by atoms with E-state index in [1.54, 1.807) is 16.4 Å². The Bertz CT molecular complexity index is 633. The molecule has 0 saturated carbocycles. The summed E-state index contributed by atoms with van der Waals surface area (Å²) in [7, 11) is 0. The number of hydrogen-bond donors (Lipinski definition) is 1. The van der Waals surface area contributed by atoms with E-state index in [1.807, 2.05) is 19.1 Å². The smallest absolute Gasteiger partial charge is 0.305 e. The van der Waals surface area contributed by atoms with E-state index in [0.717, 1.165) is 12.2 Å². The number of fused-ring (bicyclic) bond motifs is 1. The third kappa shape index (κ3) is 2.78. The van der Waals surface area contributed by atoms with E-state index in [4.69, 9.17) is 5.11 Å². The quantitative estimate of drug-likeness (QED) is 0.914. The first-order valence-electron chi connectivity index (χ1n) is 6.93. The fourth-order valence-corrected chi connectivity index (χ4v) is 3.89. The molecule has 0 radical (unpaired) electrons. The number of thioether (sulfide) groups is 1. The maximum absolute atomic E-state index is 11.0. The first kappa shape index (κ1) is 14.1. The summed E-state index contributed by atoms with van der Waals surface area (Å²) in [5, 5.41) is 21.1. The van der Waals surface area contributed by atoms with Crippen LogP contribution in [0.1, 0.15) is 42.4 Å². The Morgan fingerprint density at radius 3 is 3.05 bits per heavy atom. The largest absolute Gasteiger partial charge is 0.481 e. The third-order valence-electron chi connectivity index (χ3n) is 3.68. The highest BCUT2D eigenvalue weighted by molar-refractivity contribution is 7.99. The van der Waals surface area contributed by atoms with Gasteiger partial charge in [-0.1, -0.05) is 25.1 Å². The number of carbonyl (C=O) groups is 1. The zero-order valence-corrected chi connectivity index (χ0v) is 12.5. The average molecular weight is 304 g/mol. The van der Waals surface area contributed by atoms with Crippen molar-refractivity contribution in [1.82, 2.24) is 20.2 Å². The second kappa shape index (κ2) is 5.85. The summed E-state index contributed by atoms with van der Waals surface area (Å²) in [5.41, 5.74) is 1.30. The Morgan fingerprint density at radius 2 is 2.33 bits per heavy atom. The fraction of sp³-hybridized carbons (Fsp3) is 0.429. The molecule has 21 heavy (non-hydrogen) atoms. The average Bonchev–Trinajstić information content (AvgIpc) is 3.10. The summed E-state index contributed by atoms with van der Waals surface area (Å²) in [4.78, 5) is 12.2. The third-order valence-corrected chi connectivity index (χ3v) is 4.99. The number of rotatable bonds is 5. The summed E-state index contributed by atoms with van der Waals surface area (Å²) in [6, 6.07) is 8.07. The molecule has 2 atom stereocenters. The maximum Gasteiger partial charge on any atom is 0.305 e. The summed E-state index contributed by atoms with van der Waals surface area (Å²) in [6.07, 6.45) is 1.61. The van der Waals surface area contributed by atoms with Crippen molar-refractivity contribution in [3.8, 4) is 0 Å². The minimum atomic E-state index is -0.828. The van der Waals surface area contributed by atoms with E-state index in [-0.39, 0.29) is 17.7 Å². The van der Waals surface area contributed by atoms with Crippen LogP contribution in [0.4, 0.5) is 0 Å². The van der Waals surface area contributed by atoms with E-state index in [1.165, 1.54) is 10.5 Å². The lowest BCUT2D eigenvalue weighted by atomic mass is 10.1. The molecule has 1 aromatic carbocycles. The lowest BCUT2D eigenvalue weighted by Gasteiger charge is -2.16. The van der Waals surface area contributed by atoms with Gasteiger partial charge in [-0.2, -0.15) is 0 Å². The lowest BCUT2D eigenvalue weighted by Crippen LogP contribution is -2.18. The standard InChI is InChI=1S/C14H16N4O2S/c1-2-10(8-13(19)20)18-14(15-16-17-18)12-7-9-5-3-4-6-11(9)21-12/h3-6,10,12H,2,7-8H2,1H3,(H,19,20). The Hall–Kier alpha value is -1.89. The number of tetrazole rings is 1. The molecule has 0 saturated heterocycles. The van der Waals surface area contributed by atoms with Crippen LogP contribution in [0, 0.1) is 0 Å². The molecule has 1 aromatic heterocycles. The van der Waals surface area contributed by atoms with Gasteiger partial charge in [0.25, 0.3) is 0 Å². The number of carboxylic acid groups (broad SMARTS) is 1. The van der Waals surface area contributed by atoms with Crippen LogP contribution in [-0.4, -0.2) is 31.3 Å². The van der Waals surface area contributed by atoms with Crippen molar-refractivity contribution < 1.29 is 9.90 Å². The topological polar surface area (TPSA) is 80.9 Å². The summed E-state index contributed by atoms with van der Waals surface area (Å²) in [5.74, 6) is -0.0602. The molecule has 3 rings (SSSR count). The van der Waals surface area contributed by atoms with Gasteiger partial charge in [0.15, 0.2) is 5.82 Å². The predicted octanol–water partition coefficient (Wildman–Crippen LogP) is 2.49. The van der Waals surface area contributed by atoms with E-state index < -0.39 is 5.97 Å². The number of nitrogens with zero attached hydrogens (tertiary/aromatic N) is 4. The minimum absolute atomic E-state index is 0.0406. The van der Waals surface area contributed by atoms with E-state index in [0.29, 0.717) is 6.42 Å². The van der Waals surface area contributed by atoms with Crippen molar-refractivity contribution in [2.24, 2.45) is 0 Å². The van der Waals surface area contributed by atoms with Gasteiger partial charge in [-0.15, -0.1) is 16.9 Å². The van der Waals surface area contributed by atoms with Gasteiger partial charge in [-0.25, -0.2) is 4.68 Å². The van der Waals surface area contributed by atoms with Gasteiger partial charge in [-0.3, -0.25) is 4.79 Å². The van der Waals surface area contributed by atoms with E-state index in [9.17, 15) is 4.79 Å². The first-order valence-corrected chi connectivity index (χ1v) is 7.81. The number of aromatic nitrogens is 4. The zero-order valence-electron chi connectivity index (χ0n) is 11.6. The van der Waals surface area contributed by atoms with E-state index in [2.05, 4.69) is 27.7 Å². The molecule has 0 amide bonds. The Morgan fingerprint density at radius 1 is 1.52 bits per heavy atom. The number of hydrogen-bond acceptors (Lipinski definition) is 5.